The molecule has 0 aliphatic carbocycles. The van der Waals surface area contributed by atoms with Gasteiger partial charge in [-0.25, -0.2) is 13.9 Å². The fourth-order valence-corrected chi connectivity index (χ4v) is 2.09. The second-order valence-corrected chi connectivity index (χ2v) is 5.51. The number of nitrogens with one attached hydrogen (secondary N) is 1. The molecular weight excluding hydrogens is 303 g/mol. The zero-order chi connectivity index (χ0) is 17.1. The quantitative estimate of drug-likeness (QED) is 0.871. The second-order valence-electron chi connectivity index (χ2n) is 5.51. The molecule has 0 saturated carbocycles. The van der Waals surface area contributed by atoms with Crippen molar-refractivity contribution in [3.63, 3.8) is 0 Å². The van der Waals surface area contributed by atoms with Gasteiger partial charge in [0.1, 0.15) is 11.9 Å². The standard InChI is InChI=1S/C15H17FN4O3/c1-8(2)13(15(22)23)17-14(21)11-7-20(19-18-11)12-5-4-10(16)6-9(12)3/h4-8,13H,1-3H3,(H,17,21)(H,22,23)/t13-/m0/s1. The van der Waals surface area contributed by atoms with Crippen molar-refractivity contribution in [2.75, 3.05) is 0 Å². The Balaban J connectivity index is 2.21. The van der Waals surface area contributed by atoms with Gasteiger partial charge >= 0.3 is 5.97 Å². The van der Waals surface area contributed by atoms with E-state index in [4.69, 9.17) is 5.11 Å². The van der Waals surface area contributed by atoms with Gasteiger partial charge in [-0.05, 0) is 36.6 Å². The van der Waals surface area contributed by atoms with E-state index in [2.05, 4.69) is 15.6 Å². The molecule has 2 rings (SSSR count). The Kier molecular flexibility index (Phi) is 4.73. The predicted molar refractivity (Wildman–Crippen MR) is 79.8 cm³/mol. The number of rotatable bonds is 5. The summed E-state index contributed by atoms with van der Waals surface area (Å²) in [7, 11) is 0. The summed E-state index contributed by atoms with van der Waals surface area (Å²) in [5.41, 5.74) is 1.20. The second kappa shape index (κ2) is 6.55. The summed E-state index contributed by atoms with van der Waals surface area (Å²) in [6.45, 7) is 5.09. The van der Waals surface area contributed by atoms with Crippen molar-refractivity contribution < 1.29 is 19.1 Å². The average Bonchev–Trinajstić information content (AvgIpc) is 2.93. The Morgan fingerprint density at radius 1 is 1.35 bits per heavy atom. The van der Waals surface area contributed by atoms with Crippen molar-refractivity contribution in [1.82, 2.24) is 20.3 Å². The number of aromatic nitrogens is 3. The summed E-state index contributed by atoms with van der Waals surface area (Å²) in [4.78, 5) is 23.2. The van der Waals surface area contributed by atoms with Gasteiger partial charge in [-0.3, -0.25) is 4.79 Å². The molecule has 1 amide bonds. The normalized spacial score (nSPS) is 12.2. The summed E-state index contributed by atoms with van der Waals surface area (Å²) in [5.74, 6) is -2.39. The molecule has 0 aliphatic heterocycles. The van der Waals surface area contributed by atoms with Crippen molar-refractivity contribution in [2.24, 2.45) is 5.92 Å². The molecule has 8 heteroatoms. The van der Waals surface area contributed by atoms with E-state index < -0.39 is 17.9 Å². The number of benzene rings is 1. The third kappa shape index (κ3) is 3.71. The van der Waals surface area contributed by atoms with E-state index in [-0.39, 0.29) is 17.4 Å². The molecule has 0 fully saturated rings. The number of halogens is 1. The minimum absolute atomic E-state index is 0.0133. The lowest BCUT2D eigenvalue weighted by atomic mass is 10.0. The van der Waals surface area contributed by atoms with Crippen LogP contribution in [0.2, 0.25) is 0 Å². The van der Waals surface area contributed by atoms with Gasteiger partial charge < -0.3 is 10.4 Å². The lowest BCUT2D eigenvalue weighted by Crippen LogP contribution is -2.44. The van der Waals surface area contributed by atoms with Gasteiger partial charge in [-0.15, -0.1) is 5.10 Å². The maximum atomic E-state index is 13.1. The number of carboxylic acids is 1. The van der Waals surface area contributed by atoms with Crippen LogP contribution in [0.4, 0.5) is 4.39 Å². The monoisotopic (exact) mass is 320 g/mol. The lowest BCUT2D eigenvalue weighted by molar-refractivity contribution is -0.140. The zero-order valence-electron chi connectivity index (χ0n) is 12.9. The first kappa shape index (κ1) is 16.6. The number of carboxylic acid groups (broad SMARTS) is 1. The third-order valence-electron chi connectivity index (χ3n) is 3.35. The molecule has 1 aromatic carbocycles. The van der Waals surface area contributed by atoms with Gasteiger partial charge in [0.2, 0.25) is 0 Å². The molecule has 0 unspecified atom stereocenters. The van der Waals surface area contributed by atoms with E-state index in [1.807, 2.05) is 0 Å². The summed E-state index contributed by atoms with van der Waals surface area (Å²) in [6, 6.07) is 3.13. The molecule has 0 bridgehead atoms. The van der Waals surface area contributed by atoms with Crippen molar-refractivity contribution in [3.05, 3.63) is 41.5 Å². The first-order chi connectivity index (χ1) is 10.8. The SMILES string of the molecule is Cc1cc(F)ccc1-n1cc(C(=O)N[C@H](C(=O)O)C(C)C)nn1. The Hall–Kier alpha value is -2.77. The number of hydrogen-bond acceptors (Lipinski definition) is 4. The number of aryl methyl sites for hydroxylation is 1. The highest BCUT2D eigenvalue weighted by Gasteiger charge is 2.25. The fourth-order valence-electron chi connectivity index (χ4n) is 2.09. The lowest BCUT2D eigenvalue weighted by Gasteiger charge is -2.16. The van der Waals surface area contributed by atoms with Gasteiger partial charge in [0.05, 0.1) is 11.9 Å². The zero-order valence-corrected chi connectivity index (χ0v) is 12.9. The number of amides is 1. The van der Waals surface area contributed by atoms with Crippen LogP contribution in [-0.4, -0.2) is 38.0 Å². The van der Waals surface area contributed by atoms with E-state index >= 15 is 0 Å². The number of hydrogen-bond donors (Lipinski definition) is 2. The Labute approximate surface area is 132 Å². The highest BCUT2D eigenvalue weighted by Crippen LogP contribution is 2.14. The first-order valence-electron chi connectivity index (χ1n) is 7.02. The number of carbonyl (C=O) groups excluding carboxylic acids is 1. The fraction of sp³-hybridized carbons (Fsp3) is 0.333. The molecule has 1 aromatic heterocycles. The number of carbonyl (C=O) groups is 2. The van der Waals surface area contributed by atoms with Crippen LogP contribution >= 0.6 is 0 Å². The number of nitrogens with zero attached hydrogens (tertiary/aromatic N) is 3. The molecule has 7 nitrogen and oxygen atoms in total. The minimum atomic E-state index is -1.12. The smallest absolute Gasteiger partial charge is 0.326 e. The molecule has 0 radical (unpaired) electrons. The van der Waals surface area contributed by atoms with Gasteiger partial charge in [0.15, 0.2) is 5.69 Å². The van der Waals surface area contributed by atoms with Crippen molar-refractivity contribution in [2.45, 2.75) is 26.8 Å². The minimum Gasteiger partial charge on any atom is -0.480 e. The summed E-state index contributed by atoms with van der Waals surface area (Å²) >= 11 is 0. The maximum absolute atomic E-state index is 13.1. The maximum Gasteiger partial charge on any atom is 0.326 e. The molecule has 1 atom stereocenters. The van der Waals surface area contributed by atoms with E-state index in [0.717, 1.165) is 0 Å². The topological polar surface area (TPSA) is 97.1 Å². The predicted octanol–water partition coefficient (Wildman–Crippen LogP) is 1.55. The average molecular weight is 320 g/mol. The van der Waals surface area contributed by atoms with Crippen LogP contribution in [0.15, 0.2) is 24.4 Å². The molecule has 2 N–H and O–H groups in total. The number of aliphatic carboxylic acids is 1. The highest BCUT2D eigenvalue weighted by molar-refractivity contribution is 5.94. The molecule has 0 spiro atoms. The van der Waals surface area contributed by atoms with Crippen molar-refractivity contribution in [1.29, 1.82) is 0 Å². The summed E-state index contributed by atoms with van der Waals surface area (Å²) in [5, 5.41) is 19.1. The molecule has 0 aliphatic rings. The van der Waals surface area contributed by atoms with Crippen LogP contribution in [0.3, 0.4) is 0 Å². The molecule has 0 saturated heterocycles. The molecule has 23 heavy (non-hydrogen) atoms. The van der Waals surface area contributed by atoms with Crippen molar-refractivity contribution in [3.8, 4) is 5.69 Å². The molecule has 2 aromatic rings. The van der Waals surface area contributed by atoms with E-state index in [1.54, 1.807) is 20.8 Å². The summed E-state index contributed by atoms with van der Waals surface area (Å²) < 4.78 is 14.5. The van der Waals surface area contributed by atoms with E-state index in [1.165, 1.54) is 29.1 Å². The van der Waals surface area contributed by atoms with Crippen LogP contribution < -0.4 is 5.32 Å². The van der Waals surface area contributed by atoms with Crippen LogP contribution in [0.5, 0.6) is 0 Å². The highest BCUT2D eigenvalue weighted by atomic mass is 19.1. The molecular formula is C15H17FN4O3. The summed E-state index contributed by atoms with van der Waals surface area (Å²) in [6.07, 6.45) is 1.37. The van der Waals surface area contributed by atoms with Gasteiger partial charge in [-0.2, -0.15) is 0 Å². The Morgan fingerprint density at radius 3 is 2.61 bits per heavy atom. The molecule has 1 heterocycles. The molecule has 122 valence electrons. The van der Waals surface area contributed by atoms with E-state index in [9.17, 15) is 14.0 Å². The van der Waals surface area contributed by atoms with Crippen molar-refractivity contribution >= 4 is 11.9 Å². The largest absolute Gasteiger partial charge is 0.480 e. The van der Waals surface area contributed by atoms with Gasteiger partial charge in [-0.1, -0.05) is 19.1 Å². The Bertz CT molecular complexity index is 742. The Morgan fingerprint density at radius 2 is 2.04 bits per heavy atom. The van der Waals surface area contributed by atoms with Crippen LogP contribution in [0.1, 0.15) is 29.9 Å². The van der Waals surface area contributed by atoms with Gasteiger partial charge in [0, 0.05) is 0 Å². The van der Waals surface area contributed by atoms with E-state index in [0.29, 0.717) is 11.3 Å². The third-order valence-corrected chi connectivity index (χ3v) is 3.35. The van der Waals surface area contributed by atoms with Crippen LogP contribution in [0, 0.1) is 18.7 Å². The first-order valence-corrected chi connectivity index (χ1v) is 7.02. The van der Waals surface area contributed by atoms with Crippen LogP contribution in [-0.2, 0) is 4.79 Å². The van der Waals surface area contributed by atoms with Crippen LogP contribution in [0.25, 0.3) is 5.69 Å². The van der Waals surface area contributed by atoms with Gasteiger partial charge in [0.25, 0.3) is 5.91 Å².